The molecule has 0 unspecified atom stereocenters. The van der Waals surface area contributed by atoms with E-state index in [-0.39, 0.29) is 5.91 Å². The molecule has 1 N–H and O–H groups in total. The molecule has 0 aromatic carbocycles. The first-order valence-corrected chi connectivity index (χ1v) is 9.66. The fourth-order valence-corrected chi connectivity index (χ4v) is 4.96. The van der Waals surface area contributed by atoms with E-state index in [0.29, 0.717) is 5.92 Å². The van der Waals surface area contributed by atoms with E-state index in [4.69, 9.17) is 0 Å². The standard InChI is InChI=1S/C19H23N5OS/c1-12-14(9-21-22-12)11-24-8-6-13(10-24)16-15-5-4-7-20-18(15)26-17(16)19(25)23(2)3/h4-5,7,9,13H,6,8,10-11H2,1-3H3,(H,21,22)/t13-/m1/s1. The van der Waals surface area contributed by atoms with Crippen molar-refractivity contribution in [2.45, 2.75) is 25.8 Å². The molecule has 1 aliphatic rings. The van der Waals surface area contributed by atoms with Gasteiger partial charge in [-0.05, 0) is 31.5 Å². The van der Waals surface area contributed by atoms with Gasteiger partial charge in [-0.2, -0.15) is 5.10 Å². The van der Waals surface area contributed by atoms with E-state index < -0.39 is 0 Å². The van der Waals surface area contributed by atoms with E-state index in [1.807, 2.05) is 26.4 Å². The number of likely N-dealkylation sites (tertiary alicyclic amines) is 1. The summed E-state index contributed by atoms with van der Waals surface area (Å²) in [6.07, 6.45) is 4.77. The summed E-state index contributed by atoms with van der Waals surface area (Å²) in [5, 5.41) is 8.26. The normalized spacial score (nSPS) is 17.9. The molecule has 26 heavy (non-hydrogen) atoms. The summed E-state index contributed by atoms with van der Waals surface area (Å²) in [7, 11) is 3.62. The van der Waals surface area contributed by atoms with Crippen molar-refractivity contribution in [3.05, 3.63) is 46.2 Å². The van der Waals surface area contributed by atoms with Crippen LogP contribution in [0.4, 0.5) is 0 Å². The molecular formula is C19H23N5OS. The van der Waals surface area contributed by atoms with Crippen molar-refractivity contribution < 1.29 is 4.79 Å². The second-order valence-corrected chi connectivity index (χ2v) is 8.14. The molecule has 1 amide bonds. The number of carbonyl (C=O) groups is 1. The Morgan fingerprint density at radius 2 is 2.31 bits per heavy atom. The van der Waals surface area contributed by atoms with E-state index >= 15 is 0 Å². The van der Waals surface area contributed by atoms with Crippen LogP contribution in [-0.2, 0) is 6.54 Å². The maximum absolute atomic E-state index is 12.8. The van der Waals surface area contributed by atoms with Crippen LogP contribution < -0.4 is 0 Å². The predicted molar refractivity (Wildman–Crippen MR) is 104 cm³/mol. The van der Waals surface area contributed by atoms with E-state index in [1.54, 1.807) is 11.1 Å². The third-order valence-electron chi connectivity index (χ3n) is 5.11. The Kier molecular flexibility index (Phi) is 4.50. The van der Waals surface area contributed by atoms with Crippen LogP contribution in [-0.4, -0.2) is 58.1 Å². The highest BCUT2D eigenvalue weighted by molar-refractivity contribution is 7.20. The zero-order valence-electron chi connectivity index (χ0n) is 15.3. The molecule has 4 rings (SSSR count). The molecule has 0 spiro atoms. The van der Waals surface area contributed by atoms with Crippen molar-refractivity contribution in [3.63, 3.8) is 0 Å². The van der Waals surface area contributed by atoms with Gasteiger partial charge in [0.1, 0.15) is 4.83 Å². The average Bonchev–Trinajstić information content (AvgIpc) is 3.33. The molecule has 3 aromatic heterocycles. The Hall–Kier alpha value is -2.25. The predicted octanol–water partition coefficient (Wildman–Crippen LogP) is 3.02. The first kappa shape index (κ1) is 17.2. The van der Waals surface area contributed by atoms with Crippen LogP contribution in [0, 0.1) is 6.92 Å². The maximum Gasteiger partial charge on any atom is 0.263 e. The number of hydrogen-bond donors (Lipinski definition) is 1. The van der Waals surface area contributed by atoms with Crippen LogP contribution in [0.25, 0.3) is 10.2 Å². The van der Waals surface area contributed by atoms with Gasteiger partial charge in [0.15, 0.2) is 0 Å². The Labute approximate surface area is 156 Å². The first-order chi connectivity index (χ1) is 12.5. The molecule has 1 fully saturated rings. The smallest absolute Gasteiger partial charge is 0.263 e. The summed E-state index contributed by atoms with van der Waals surface area (Å²) >= 11 is 1.52. The van der Waals surface area contributed by atoms with Crippen molar-refractivity contribution in [2.24, 2.45) is 0 Å². The lowest BCUT2D eigenvalue weighted by molar-refractivity contribution is 0.0831. The molecule has 7 heteroatoms. The summed E-state index contributed by atoms with van der Waals surface area (Å²) < 4.78 is 0. The molecule has 1 atom stereocenters. The zero-order chi connectivity index (χ0) is 18.3. The molecule has 0 aliphatic carbocycles. The average molecular weight is 369 g/mol. The molecule has 136 valence electrons. The van der Waals surface area contributed by atoms with Gasteiger partial charge in [0, 0.05) is 55.9 Å². The second kappa shape index (κ2) is 6.81. The number of aryl methyl sites for hydroxylation is 1. The van der Waals surface area contributed by atoms with E-state index in [0.717, 1.165) is 46.8 Å². The highest BCUT2D eigenvalue weighted by atomic mass is 32.1. The fraction of sp³-hybridized carbons (Fsp3) is 0.421. The van der Waals surface area contributed by atoms with Gasteiger partial charge >= 0.3 is 0 Å². The number of carbonyl (C=O) groups excluding carboxylic acids is 1. The number of pyridine rings is 1. The molecule has 6 nitrogen and oxygen atoms in total. The molecule has 1 saturated heterocycles. The van der Waals surface area contributed by atoms with Gasteiger partial charge < -0.3 is 4.90 Å². The van der Waals surface area contributed by atoms with Gasteiger partial charge in [-0.1, -0.05) is 6.07 Å². The van der Waals surface area contributed by atoms with Gasteiger partial charge in [-0.15, -0.1) is 11.3 Å². The van der Waals surface area contributed by atoms with Crippen LogP contribution >= 0.6 is 11.3 Å². The second-order valence-electron chi connectivity index (χ2n) is 7.14. The van der Waals surface area contributed by atoms with Crippen LogP contribution in [0.1, 0.15) is 38.8 Å². The van der Waals surface area contributed by atoms with E-state index in [2.05, 4.69) is 33.1 Å². The van der Waals surface area contributed by atoms with Gasteiger partial charge in [0.2, 0.25) is 0 Å². The number of fused-ring (bicyclic) bond motifs is 1. The van der Waals surface area contributed by atoms with Gasteiger partial charge in [-0.25, -0.2) is 4.98 Å². The maximum atomic E-state index is 12.8. The zero-order valence-corrected chi connectivity index (χ0v) is 16.1. The van der Waals surface area contributed by atoms with Crippen molar-refractivity contribution >= 4 is 27.5 Å². The largest absolute Gasteiger partial charge is 0.344 e. The van der Waals surface area contributed by atoms with Crippen molar-refractivity contribution in [1.82, 2.24) is 25.0 Å². The monoisotopic (exact) mass is 369 g/mol. The van der Waals surface area contributed by atoms with Crippen molar-refractivity contribution in [3.8, 4) is 0 Å². The highest BCUT2D eigenvalue weighted by Gasteiger charge is 2.31. The van der Waals surface area contributed by atoms with E-state index in [1.165, 1.54) is 22.5 Å². The quantitative estimate of drug-likeness (QED) is 0.768. The molecule has 4 heterocycles. The number of amides is 1. The lowest BCUT2D eigenvalue weighted by Gasteiger charge is -2.17. The minimum Gasteiger partial charge on any atom is -0.344 e. The summed E-state index contributed by atoms with van der Waals surface area (Å²) in [6, 6.07) is 4.06. The third-order valence-corrected chi connectivity index (χ3v) is 6.23. The number of hydrogen-bond acceptors (Lipinski definition) is 5. The first-order valence-electron chi connectivity index (χ1n) is 8.85. The minimum absolute atomic E-state index is 0.0760. The third kappa shape index (κ3) is 3.01. The molecule has 3 aromatic rings. The van der Waals surface area contributed by atoms with E-state index in [9.17, 15) is 4.79 Å². The number of aromatic nitrogens is 3. The SMILES string of the molecule is Cc1[nH]ncc1CN1CC[C@@H](c2c(C(=O)N(C)C)sc3ncccc23)C1. The lowest BCUT2D eigenvalue weighted by Crippen LogP contribution is -2.23. The van der Waals surface area contributed by atoms with Crippen molar-refractivity contribution in [1.29, 1.82) is 0 Å². The van der Waals surface area contributed by atoms with Crippen LogP contribution in [0.5, 0.6) is 0 Å². The fourth-order valence-electron chi connectivity index (χ4n) is 3.71. The van der Waals surface area contributed by atoms with Gasteiger partial charge in [-0.3, -0.25) is 14.8 Å². The lowest BCUT2D eigenvalue weighted by atomic mass is 9.95. The molecule has 1 aliphatic heterocycles. The summed E-state index contributed by atoms with van der Waals surface area (Å²) in [5.74, 6) is 0.436. The molecular weight excluding hydrogens is 346 g/mol. The summed E-state index contributed by atoms with van der Waals surface area (Å²) in [5.41, 5.74) is 3.55. The highest BCUT2D eigenvalue weighted by Crippen LogP contribution is 2.40. The van der Waals surface area contributed by atoms with Crippen LogP contribution in [0.15, 0.2) is 24.5 Å². The Balaban J connectivity index is 1.65. The van der Waals surface area contributed by atoms with Gasteiger partial charge in [0.25, 0.3) is 5.91 Å². The Morgan fingerprint density at radius 3 is 3.04 bits per heavy atom. The molecule has 0 radical (unpaired) electrons. The number of rotatable bonds is 4. The molecule has 0 bridgehead atoms. The summed E-state index contributed by atoms with van der Waals surface area (Å²) in [6.45, 7) is 4.94. The van der Waals surface area contributed by atoms with Crippen molar-refractivity contribution in [2.75, 3.05) is 27.2 Å². The van der Waals surface area contributed by atoms with Crippen LogP contribution in [0.2, 0.25) is 0 Å². The Morgan fingerprint density at radius 1 is 1.46 bits per heavy atom. The number of nitrogens with one attached hydrogen (secondary N) is 1. The Bertz CT molecular complexity index is 944. The number of aromatic amines is 1. The minimum atomic E-state index is 0.0760. The number of thiophene rings is 1. The number of H-pyrrole nitrogens is 1. The van der Waals surface area contributed by atoms with Gasteiger partial charge in [0.05, 0.1) is 11.1 Å². The topological polar surface area (TPSA) is 65.1 Å². The molecule has 0 saturated carbocycles. The number of nitrogens with zero attached hydrogens (tertiary/aromatic N) is 4. The summed E-state index contributed by atoms with van der Waals surface area (Å²) in [4.78, 5) is 23.2. The van der Waals surface area contributed by atoms with Crippen LogP contribution in [0.3, 0.4) is 0 Å².